The number of aliphatic hydroxyl groups is 1. The number of likely N-dealkylation sites (tertiary alicyclic amines) is 1. The Morgan fingerprint density at radius 3 is 2.93 bits per heavy atom. The highest BCUT2D eigenvalue weighted by Crippen LogP contribution is 2.59. The van der Waals surface area contributed by atoms with Crippen LogP contribution in [0.2, 0.25) is 0 Å². The molecule has 1 saturated heterocycles. The first-order valence-electron chi connectivity index (χ1n) is 10.5. The fourth-order valence-electron chi connectivity index (χ4n) is 6.01. The molecule has 2 bridgehead atoms. The summed E-state index contributed by atoms with van der Waals surface area (Å²) in [4.78, 5) is 27.9. The van der Waals surface area contributed by atoms with Gasteiger partial charge in [-0.25, -0.2) is 0 Å². The number of carbonyl (C=O) groups excluding carboxylic acids is 2. The molecule has 2 aliphatic heterocycles. The second-order valence-electron chi connectivity index (χ2n) is 9.38. The smallest absolute Gasteiger partial charge is 0.258 e. The number of piperidine rings is 1. The minimum atomic E-state index is -0.712. The molecule has 3 aliphatic carbocycles. The third-order valence-corrected chi connectivity index (χ3v) is 7.51. The lowest BCUT2D eigenvalue weighted by Gasteiger charge is -2.60. The standard InChI is InChI=1S/C22H28N2O4/c1-21-9-8-14(11-17(21)20(27)24-10-4-5-15(25)12-24)22(13-21)23-19(26)16-6-2-3-7-18(16)28-22/h2-3,6-7,14-15,17,25H,4-5,8-13H2,1H3,(H,23,26)/t14-,15+,17-,21-,22+/m1/s1. The lowest BCUT2D eigenvalue weighted by Crippen LogP contribution is -2.69. The molecule has 1 aromatic rings. The van der Waals surface area contributed by atoms with Gasteiger partial charge in [0.1, 0.15) is 5.75 Å². The first-order valence-corrected chi connectivity index (χ1v) is 10.5. The largest absolute Gasteiger partial charge is 0.467 e. The Hall–Kier alpha value is -2.08. The van der Waals surface area contributed by atoms with Crippen LogP contribution in [-0.4, -0.2) is 46.7 Å². The molecule has 0 aromatic heterocycles. The molecule has 3 saturated carbocycles. The Labute approximate surface area is 165 Å². The van der Waals surface area contributed by atoms with Gasteiger partial charge < -0.3 is 20.1 Å². The van der Waals surface area contributed by atoms with Crippen LogP contribution in [0.15, 0.2) is 24.3 Å². The SMILES string of the molecule is C[C@]12CC[C@H](C[C@@H]1C(=O)N1CCC[C@H](O)C1)[C@@]1(C2)NC(=O)c2ccccc2O1. The van der Waals surface area contributed by atoms with Gasteiger partial charge in [-0.2, -0.15) is 0 Å². The van der Waals surface area contributed by atoms with Gasteiger partial charge in [-0.1, -0.05) is 19.1 Å². The Balaban J connectivity index is 1.41. The lowest BCUT2D eigenvalue weighted by atomic mass is 9.52. The maximum absolute atomic E-state index is 13.3. The molecule has 6 nitrogen and oxygen atoms in total. The molecular weight excluding hydrogens is 356 g/mol. The number of hydrogen-bond donors (Lipinski definition) is 2. The second kappa shape index (κ2) is 6.21. The average molecular weight is 384 g/mol. The monoisotopic (exact) mass is 384 g/mol. The van der Waals surface area contributed by atoms with Crippen LogP contribution in [0.4, 0.5) is 0 Å². The molecule has 2 amide bonds. The topological polar surface area (TPSA) is 78.9 Å². The molecule has 28 heavy (non-hydrogen) atoms. The van der Waals surface area contributed by atoms with Gasteiger partial charge in [0.25, 0.3) is 5.91 Å². The fraction of sp³-hybridized carbons (Fsp3) is 0.636. The van der Waals surface area contributed by atoms with E-state index in [1.807, 2.05) is 23.1 Å². The summed E-state index contributed by atoms with van der Waals surface area (Å²) in [6.07, 6.45) is 4.52. The molecule has 150 valence electrons. The normalized spacial score (nSPS) is 39.3. The highest BCUT2D eigenvalue weighted by molar-refractivity contribution is 5.98. The summed E-state index contributed by atoms with van der Waals surface area (Å²) in [7, 11) is 0. The van der Waals surface area contributed by atoms with Crippen molar-refractivity contribution in [2.75, 3.05) is 13.1 Å². The van der Waals surface area contributed by atoms with Gasteiger partial charge in [-0.05, 0) is 49.7 Å². The van der Waals surface area contributed by atoms with Gasteiger partial charge in [-0.3, -0.25) is 9.59 Å². The molecule has 2 N–H and O–H groups in total. The molecule has 4 fully saturated rings. The van der Waals surface area contributed by atoms with Crippen molar-refractivity contribution >= 4 is 11.8 Å². The summed E-state index contributed by atoms with van der Waals surface area (Å²) in [5, 5.41) is 13.1. The van der Waals surface area contributed by atoms with Crippen LogP contribution in [0.25, 0.3) is 0 Å². The van der Waals surface area contributed by atoms with E-state index in [0.29, 0.717) is 24.3 Å². The van der Waals surface area contributed by atoms with Gasteiger partial charge >= 0.3 is 0 Å². The highest BCUT2D eigenvalue weighted by atomic mass is 16.5. The number of benzene rings is 1. The molecule has 6 rings (SSSR count). The minimum Gasteiger partial charge on any atom is -0.467 e. The maximum Gasteiger partial charge on any atom is 0.258 e. The van der Waals surface area contributed by atoms with E-state index in [2.05, 4.69) is 12.2 Å². The first kappa shape index (κ1) is 18.0. The number of amides is 2. The van der Waals surface area contributed by atoms with E-state index in [-0.39, 0.29) is 29.1 Å². The third-order valence-electron chi connectivity index (χ3n) is 7.51. The number of ether oxygens (including phenoxy) is 1. The van der Waals surface area contributed by atoms with Crippen molar-refractivity contribution in [1.82, 2.24) is 10.2 Å². The van der Waals surface area contributed by atoms with Crippen LogP contribution >= 0.6 is 0 Å². The molecule has 6 heteroatoms. The van der Waals surface area contributed by atoms with Crippen LogP contribution in [0, 0.1) is 17.3 Å². The molecule has 2 heterocycles. The van der Waals surface area contributed by atoms with E-state index in [4.69, 9.17) is 4.74 Å². The Morgan fingerprint density at radius 2 is 2.14 bits per heavy atom. The number of nitrogens with zero attached hydrogens (tertiary/aromatic N) is 1. The number of rotatable bonds is 1. The van der Waals surface area contributed by atoms with Gasteiger partial charge in [0.15, 0.2) is 5.72 Å². The van der Waals surface area contributed by atoms with Crippen molar-refractivity contribution in [2.45, 2.75) is 57.3 Å². The van der Waals surface area contributed by atoms with E-state index in [9.17, 15) is 14.7 Å². The summed E-state index contributed by atoms with van der Waals surface area (Å²) >= 11 is 0. The van der Waals surface area contributed by atoms with Crippen LogP contribution in [0.3, 0.4) is 0 Å². The predicted molar refractivity (Wildman–Crippen MR) is 103 cm³/mol. The number of aliphatic hydroxyl groups excluding tert-OH is 1. The predicted octanol–water partition coefficient (Wildman–Crippen LogP) is 2.31. The summed E-state index contributed by atoms with van der Waals surface area (Å²) in [5.74, 6) is 0.780. The quantitative estimate of drug-likeness (QED) is 0.779. The Morgan fingerprint density at radius 1 is 1.32 bits per heavy atom. The van der Waals surface area contributed by atoms with Crippen molar-refractivity contribution < 1.29 is 19.4 Å². The zero-order valence-corrected chi connectivity index (χ0v) is 16.3. The van der Waals surface area contributed by atoms with Gasteiger partial charge in [0.2, 0.25) is 5.91 Å². The van der Waals surface area contributed by atoms with Crippen molar-refractivity contribution in [3.63, 3.8) is 0 Å². The van der Waals surface area contributed by atoms with E-state index in [1.54, 1.807) is 6.07 Å². The summed E-state index contributed by atoms with van der Waals surface area (Å²) < 4.78 is 6.42. The maximum atomic E-state index is 13.3. The molecular formula is C22H28N2O4. The minimum absolute atomic E-state index is 0.0696. The van der Waals surface area contributed by atoms with Crippen molar-refractivity contribution in [2.24, 2.45) is 17.3 Å². The van der Waals surface area contributed by atoms with E-state index in [1.165, 1.54) is 0 Å². The molecule has 0 radical (unpaired) electrons. The van der Waals surface area contributed by atoms with E-state index in [0.717, 1.165) is 38.6 Å². The zero-order valence-electron chi connectivity index (χ0n) is 16.3. The van der Waals surface area contributed by atoms with Crippen molar-refractivity contribution in [3.05, 3.63) is 29.8 Å². The zero-order chi connectivity index (χ0) is 19.5. The number of carbonyl (C=O) groups is 2. The summed E-state index contributed by atoms with van der Waals surface area (Å²) in [6, 6.07) is 7.38. The lowest BCUT2D eigenvalue weighted by molar-refractivity contribution is -0.176. The van der Waals surface area contributed by atoms with Crippen LogP contribution < -0.4 is 10.1 Å². The highest BCUT2D eigenvalue weighted by Gasteiger charge is 2.62. The van der Waals surface area contributed by atoms with E-state index >= 15 is 0 Å². The van der Waals surface area contributed by atoms with Crippen LogP contribution in [0.5, 0.6) is 5.75 Å². The fourth-order valence-corrected chi connectivity index (χ4v) is 6.01. The van der Waals surface area contributed by atoms with Crippen molar-refractivity contribution in [3.8, 4) is 5.75 Å². The average Bonchev–Trinajstić information content (AvgIpc) is 2.67. The Bertz CT molecular complexity index is 827. The first-order chi connectivity index (χ1) is 13.4. The number of fused-ring (bicyclic) bond motifs is 3. The molecule has 1 aromatic carbocycles. The van der Waals surface area contributed by atoms with Gasteiger partial charge in [-0.15, -0.1) is 0 Å². The van der Waals surface area contributed by atoms with Crippen LogP contribution in [-0.2, 0) is 4.79 Å². The molecule has 5 atom stereocenters. The van der Waals surface area contributed by atoms with E-state index < -0.39 is 11.8 Å². The molecule has 5 aliphatic rings. The Kier molecular flexibility index (Phi) is 3.99. The number of β-amino-alcohol motifs (C(OH)–C–C–N with tert-alkyl or cyclic N) is 1. The third kappa shape index (κ3) is 2.65. The summed E-state index contributed by atoms with van der Waals surface area (Å²) in [6.45, 7) is 3.35. The van der Waals surface area contributed by atoms with Gasteiger partial charge in [0, 0.05) is 31.3 Å². The van der Waals surface area contributed by atoms with Crippen molar-refractivity contribution in [1.29, 1.82) is 0 Å². The molecule has 1 spiro atoms. The van der Waals surface area contributed by atoms with Crippen LogP contribution in [0.1, 0.15) is 55.8 Å². The number of hydrogen-bond acceptors (Lipinski definition) is 4. The number of para-hydroxylation sites is 1. The van der Waals surface area contributed by atoms with Gasteiger partial charge in [0.05, 0.1) is 11.7 Å². The second-order valence-corrected chi connectivity index (χ2v) is 9.38. The number of nitrogens with one attached hydrogen (secondary N) is 1. The molecule has 0 unspecified atom stereocenters. The summed E-state index contributed by atoms with van der Waals surface area (Å²) in [5.41, 5.74) is -0.348.